The third-order valence-electron chi connectivity index (χ3n) is 3.00. The molecule has 1 aliphatic carbocycles. The molecule has 0 aliphatic heterocycles. The smallest absolute Gasteiger partial charge is 0.191 e. The molecular formula is C14H30IN3O. The second-order valence-corrected chi connectivity index (χ2v) is 5.19. The molecule has 5 heteroatoms. The minimum absolute atomic E-state index is 0. The molecule has 0 unspecified atom stereocenters. The van der Waals surface area contributed by atoms with Crippen molar-refractivity contribution >= 4 is 29.9 Å². The minimum atomic E-state index is 0. The molecule has 1 saturated carbocycles. The third kappa shape index (κ3) is 9.49. The first kappa shape index (κ1) is 19.0. The van der Waals surface area contributed by atoms with Crippen molar-refractivity contribution in [1.29, 1.82) is 0 Å². The summed E-state index contributed by atoms with van der Waals surface area (Å²) in [5.74, 6) is 0.911. The molecule has 1 aliphatic rings. The van der Waals surface area contributed by atoms with Crippen LogP contribution in [-0.4, -0.2) is 37.8 Å². The van der Waals surface area contributed by atoms with Crippen LogP contribution in [0.1, 0.15) is 52.9 Å². The third-order valence-corrected chi connectivity index (χ3v) is 3.00. The zero-order valence-electron chi connectivity index (χ0n) is 12.6. The van der Waals surface area contributed by atoms with E-state index in [-0.39, 0.29) is 24.0 Å². The Morgan fingerprint density at radius 1 is 1.32 bits per heavy atom. The van der Waals surface area contributed by atoms with E-state index in [1.165, 1.54) is 25.7 Å². The van der Waals surface area contributed by atoms with Crippen LogP contribution in [0.2, 0.25) is 0 Å². The Morgan fingerprint density at radius 2 is 2.00 bits per heavy atom. The Balaban J connectivity index is 0.00000324. The van der Waals surface area contributed by atoms with Gasteiger partial charge in [-0.05, 0) is 40.0 Å². The van der Waals surface area contributed by atoms with Crippen LogP contribution >= 0.6 is 24.0 Å². The predicted octanol–water partition coefficient (Wildman–Crippen LogP) is 2.92. The van der Waals surface area contributed by atoms with Gasteiger partial charge in [0.15, 0.2) is 5.96 Å². The molecule has 0 aromatic rings. The first-order chi connectivity index (χ1) is 8.72. The number of ether oxygens (including phenoxy) is 1. The standard InChI is InChI=1S/C14H29N3O.HI/c1-4-15-14(17-12(2)3)16-10-7-11-18-13-8-5-6-9-13;/h12-13H,4-11H2,1-3H3,(H2,15,16,17);1H. The number of halogens is 1. The van der Waals surface area contributed by atoms with E-state index in [2.05, 4.69) is 36.4 Å². The molecule has 0 spiro atoms. The molecule has 1 fully saturated rings. The van der Waals surface area contributed by atoms with E-state index in [4.69, 9.17) is 4.74 Å². The highest BCUT2D eigenvalue weighted by Gasteiger charge is 2.14. The highest BCUT2D eigenvalue weighted by molar-refractivity contribution is 14.0. The molecule has 0 saturated heterocycles. The van der Waals surface area contributed by atoms with Gasteiger partial charge in [0.05, 0.1) is 6.10 Å². The van der Waals surface area contributed by atoms with E-state index in [0.717, 1.165) is 32.1 Å². The Labute approximate surface area is 135 Å². The van der Waals surface area contributed by atoms with Gasteiger partial charge in [0.1, 0.15) is 0 Å². The van der Waals surface area contributed by atoms with Crippen molar-refractivity contribution in [3.05, 3.63) is 0 Å². The van der Waals surface area contributed by atoms with Crippen molar-refractivity contribution in [1.82, 2.24) is 10.6 Å². The number of aliphatic imine (C=N–C) groups is 1. The monoisotopic (exact) mass is 383 g/mol. The summed E-state index contributed by atoms with van der Waals surface area (Å²) >= 11 is 0. The maximum absolute atomic E-state index is 5.82. The molecule has 114 valence electrons. The highest BCUT2D eigenvalue weighted by Crippen LogP contribution is 2.20. The summed E-state index contributed by atoms with van der Waals surface area (Å²) in [6, 6.07) is 0.414. The lowest BCUT2D eigenvalue weighted by Gasteiger charge is -2.14. The molecule has 4 nitrogen and oxygen atoms in total. The van der Waals surface area contributed by atoms with E-state index >= 15 is 0 Å². The largest absolute Gasteiger partial charge is 0.378 e. The van der Waals surface area contributed by atoms with Crippen LogP contribution < -0.4 is 10.6 Å². The Kier molecular flexibility index (Phi) is 11.7. The van der Waals surface area contributed by atoms with Crippen molar-refractivity contribution in [2.24, 2.45) is 4.99 Å². The van der Waals surface area contributed by atoms with E-state index in [1.807, 2.05) is 0 Å². The second kappa shape index (κ2) is 11.8. The summed E-state index contributed by atoms with van der Waals surface area (Å²) in [7, 11) is 0. The zero-order valence-corrected chi connectivity index (χ0v) is 14.9. The molecule has 0 heterocycles. The fourth-order valence-electron chi connectivity index (χ4n) is 2.15. The average Bonchev–Trinajstić information content (AvgIpc) is 2.81. The molecular weight excluding hydrogens is 353 g/mol. The van der Waals surface area contributed by atoms with Crippen molar-refractivity contribution in [2.75, 3.05) is 19.7 Å². The van der Waals surface area contributed by atoms with Gasteiger partial charge in [0.25, 0.3) is 0 Å². The maximum atomic E-state index is 5.82. The highest BCUT2D eigenvalue weighted by atomic mass is 127. The topological polar surface area (TPSA) is 45.7 Å². The summed E-state index contributed by atoms with van der Waals surface area (Å²) in [5, 5.41) is 6.55. The predicted molar refractivity (Wildman–Crippen MR) is 92.5 cm³/mol. The normalized spacial score (nSPS) is 16.5. The van der Waals surface area contributed by atoms with Gasteiger partial charge in [-0.3, -0.25) is 4.99 Å². The summed E-state index contributed by atoms with van der Waals surface area (Å²) in [5.41, 5.74) is 0. The van der Waals surface area contributed by atoms with Crippen molar-refractivity contribution < 1.29 is 4.74 Å². The molecule has 0 radical (unpaired) electrons. The second-order valence-electron chi connectivity index (χ2n) is 5.19. The van der Waals surface area contributed by atoms with Crippen molar-refractivity contribution in [3.63, 3.8) is 0 Å². The summed E-state index contributed by atoms with van der Waals surface area (Å²) < 4.78 is 5.82. The number of hydrogen-bond acceptors (Lipinski definition) is 2. The van der Waals surface area contributed by atoms with Crippen LogP contribution in [0.4, 0.5) is 0 Å². The lowest BCUT2D eigenvalue weighted by atomic mass is 10.3. The fraction of sp³-hybridized carbons (Fsp3) is 0.929. The molecule has 0 bridgehead atoms. The van der Waals surface area contributed by atoms with Gasteiger partial charge in [-0.15, -0.1) is 24.0 Å². The molecule has 19 heavy (non-hydrogen) atoms. The Bertz CT molecular complexity index is 241. The lowest BCUT2D eigenvalue weighted by molar-refractivity contribution is 0.0579. The van der Waals surface area contributed by atoms with Gasteiger partial charge in [0.2, 0.25) is 0 Å². The molecule has 0 amide bonds. The zero-order chi connectivity index (χ0) is 13.2. The van der Waals surface area contributed by atoms with Crippen LogP contribution in [0.3, 0.4) is 0 Å². The summed E-state index contributed by atoms with van der Waals surface area (Å²) in [6.07, 6.45) is 6.71. The van der Waals surface area contributed by atoms with Crippen LogP contribution in [0.15, 0.2) is 4.99 Å². The number of nitrogens with one attached hydrogen (secondary N) is 2. The molecule has 2 N–H and O–H groups in total. The SMILES string of the molecule is CCNC(=NCCCOC1CCCC1)NC(C)C.I. The van der Waals surface area contributed by atoms with Crippen molar-refractivity contribution in [2.45, 2.75) is 65.0 Å². The molecule has 0 aromatic carbocycles. The lowest BCUT2D eigenvalue weighted by Crippen LogP contribution is -2.41. The van der Waals surface area contributed by atoms with Crippen LogP contribution in [0.5, 0.6) is 0 Å². The average molecular weight is 383 g/mol. The van der Waals surface area contributed by atoms with Crippen LogP contribution in [0.25, 0.3) is 0 Å². The van der Waals surface area contributed by atoms with Gasteiger partial charge < -0.3 is 15.4 Å². The van der Waals surface area contributed by atoms with E-state index in [1.54, 1.807) is 0 Å². The van der Waals surface area contributed by atoms with Gasteiger partial charge >= 0.3 is 0 Å². The van der Waals surface area contributed by atoms with Crippen LogP contribution in [0, 0.1) is 0 Å². The fourth-order valence-corrected chi connectivity index (χ4v) is 2.15. The van der Waals surface area contributed by atoms with Gasteiger partial charge in [-0.2, -0.15) is 0 Å². The van der Waals surface area contributed by atoms with Crippen LogP contribution in [-0.2, 0) is 4.74 Å². The number of nitrogens with zero attached hydrogens (tertiary/aromatic N) is 1. The number of guanidine groups is 1. The van der Waals surface area contributed by atoms with Gasteiger partial charge in [-0.25, -0.2) is 0 Å². The van der Waals surface area contributed by atoms with Gasteiger partial charge in [0, 0.05) is 25.7 Å². The molecule has 1 rings (SSSR count). The Hall–Kier alpha value is -0.0400. The molecule has 0 aromatic heterocycles. The minimum Gasteiger partial charge on any atom is -0.378 e. The maximum Gasteiger partial charge on any atom is 0.191 e. The quantitative estimate of drug-likeness (QED) is 0.308. The van der Waals surface area contributed by atoms with Gasteiger partial charge in [-0.1, -0.05) is 12.8 Å². The number of rotatable bonds is 7. The van der Waals surface area contributed by atoms with E-state index in [0.29, 0.717) is 12.1 Å². The molecule has 0 atom stereocenters. The summed E-state index contributed by atoms with van der Waals surface area (Å²) in [4.78, 5) is 4.53. The first-order valence-electron chi connectivity index (χ1n) is 7.38. The van der Waals surface area contributed by atoms with E-state index in [9.17, 15) is 0 Å². The van der Waals surface area contributed by atoms with E-state index < -0.39 is 0 Å². The number of hydrogen-bond donors (Lipinski definition) is 2. The Morgan fingerprint density at radius 3 is 2.58 bits per heavy atom. The first-order valence-corrected chi connectivity index (χ1v) is 7.38. The summed E-state index contributed by atoms with van der Waals surface area (Å²) in [6.45, 7) is 8.90. The van der Waals surface area contributed by atoms with Crippen molar-refractivity contribution in [3.8, 4) is 0 Å².